The summed E-state index contributed by atoms with van der Waals surface area (Å²) in [7, 11) is 0. The van der Waals surface area contributed by atoms with Crippen LogP contribution in [0.5, 0.6) is 0 Å². The normalized spacial score (nSPS) is 17.7. The number of aryl methyl sites for hydroxylation is 1. The third-order valence-corrected chi connectivity index (χ3v) is 4.97. The van der Waals surface area contributed by atoms with Crippen molar-refractivity contribution in [3.63, 3.8) is 0 Å². The Morgan fingerprint density at radius 3 is 2.62 bits per heavy atom. The van der Waals surface area contributed by atoms with E-state index in [-0.39, 0.29) is 12.1 Å². The highest BCUT2D eigenvalue weighted by Crippen LogP contribution is 2.11. The van der Waals surface area contributed by atoms with E-state index in [9.17, 15) is 4.79 Å². The van der Waals surface area contributed by atoms with Gasteiger partial charge in [-0.25, -0.2) is 4.79 Å². The molecule has 0 spiro atoms. The largest absolute Gasteiger partial charge is 0.334 e. The van der Waals surface area contributed by atoms with E-state index in [4.69, 9.17) is 0 Å². The molecule has 1 heterocycles. The van der Waals surface area contributed by atoms with Crippen molar-refractivity contribution in [1.82, 2.24) is 15.5 Å². The van der Waals surface area contributed by atoms with E-state index in [2.05, 4.69) is 77.1 Å². The van der Waals surface area contributed by atoms with Crippen molar-refractivity contribution in [2.45, 2.75) is 38.8 Å². The summed E-state index contributed by atoms with van der Waals surface area (Å²) >= 11 is 0. The van der Waals surface area contributed by atoms with Crippen LogP contribution in [-0.2, 0) is 13.0 Å². The molecule has 2 aromatic rings. The number of rotatable bonds is 6. The number of likely N-dealkylation sites (tertiary alicyclic amines) is 1. The van der Waals surface area contributed by atoms with Crippen LogP contribution in [0, 0.1) is 6.92 Å². The van der Waals surface area contributed by atoms with Crippen LogP contribution in [0.1, 0.15) is 29.5 Å². The minimum Gasteiger partial charge on any atom is -0.334 e. The Kier molecular flexibility index (Phi) is 6.67. The van der Waals surface area contributed by atoms with E-state index in [0.717, 1.165) is 44.5 Å². The van der Waals surface area contributed by atoms with Crippen molar-refractivity contribution in [2.24, 2.45) is 0 Å². The number of benzene rings is 2. The number of nitrogens with zero attached hydrogens (tertiary/aromatic N) is 1. The Labute approximate surface area is 156 Å². The van der Waals surface area contributed by atoms with Gasteiger partial charge in [0.1, 0.15) is 0 Å². The van der Waals surface area contributed by atoms with Gasteiger partial charge in [0.25, 0.3) is 0 Å². The summed E-state index contributed by atoms with van der Waals surface area (Å²) in [6.45, 7) is 5.74. The van der Waals surface area contributed by atoms with Gasteiger partial charge in [-0.2, -0.15) is 0 Å². The Bertz CT molecular complexity index is 684. The Hall–Kier alpha value is -2.33. The second-order valence-corrected chi connectivity index (χ2v) is 7.19. The van der Waals surface area contributed by atoms with Crippen LogP contribution in [-0.4, -0.2) is 36.6 Å². The molecule has 1 fully saturated rings. The molecular weight excluding hydrogens is 322 g/mol. The zero-order chi connectivity index (χ0) is 18.2. The number of carbonyl (C=O) groups excluding carboxylic acids is 1. The average molecular weight is 351 g/mol. The number of piperidine rings is 1. The number of urea groups is 1. The van der Waals surface area contributed by atoms with Gasteiger partial charge in [-0.05, 0) is 43.9 Å². The first-order chi connectivity index (χ1) is 12.7. The fourth-order valence-corrected chi connectivity index (χ4v) is 3.43. The van der Waals surface area contributed by atoms with Crippen LogP contribution >= 0.6 is 0 Å². The maximum Gasteiger partial charge on any atom is 0.315 e. The first-order valence-corrected chi connectivity index (χ1v) is 9.55. The summed E-state index contributed by atoms with van der Waals surface area (Å²) in [5.41, 5.74) is 3.73. The van der Waals surface area contributed by atoms with E-state index in [1.165, 1.54) is 11.1 Å². The molecule has 0 saturated carbocycles. The van der Waals surface area contributed by atoms with E-state index in [0.29, 0.717) is 6.54 Å². The minimum absolute atomic E-state index is 0.0690. The van der Waals surface area contributed by atoms with Gasteiger partial charge in [0.2, 0.25) is 0 Å². The van der Waals surface area contributed by atoms with Gasteiger partial charge in [0, 0.05) is 25.7 Å². The lowest BCUT2D eigenvalue weighted by Crippen LogP contribution is -2.50. The highest BCUT2D eigenvalue weighted by molar-refractivity contribution is 5.74. The molecule has 4 nitrogen and oxygen atoms in total. The van der Waals surface area contributed by atoms with Crippen molar-refractivity contribution in [1.29, 1.82) is 0 Å². The van der Waals surface area contributed by atoms with Gasteiger partial charge >= 0.3 is 6.03 Å². The second-order valence-electron chi connectivity index (χ2n) is 7.19. The van der Waals surface area contributed by atoms with Gasteiger partial charge in [-0.1, -0.05) is 60.2 Å². The highest BCUT2D eigenvalue weighted by Gasteiger charge is 2.21. The van der Waals surface area contributed by atoms with Crippen molar-refractivity contribution in [2.75, 3.05) is 19.6 Å². The van der Waals surface area contributed by atoms with E-state index >= 15 is 0 Å². The summed E-state index contributed by atoms with van der Waals surface area (Å²) in [5, 5.41) is 6.11. The van der Waals surface area contributed by atoms with Gasteiger partial charge in [0.15, 0.2) is 0 Å². The van der Waals surface area contributed by atoms with Crippen LogP contribution in [0.15, 0.2) is 54.6 Å². The van der Waals surface area contributed by atoms with Crippen LogP contribution in [0.2, 0.25) is 0 Å². The summed E-state index contributed by atoms with van der Waals surface area (Å²) < 4.78 is 0. The van der Waals surface area contributed by atoms with Crippen molar-refractivity contribution < 1.29 is 4.79 Å². The zero-order valence-corrected chi connectivity index (χ0v) is 15.6. The molecular formula is C22H29N3O. The van der Waals surface area contributed by atoms with E-state index < -0.39 is 0 Å². The van der Waals surface area contributed by atoms with Crippen molar-refractivity contribution in [3.8, 4) is 0 Å². The maximum absolute atomic E-state index is 12.2. The number of carbonyl (C=O) groups is 1. The Morgan fingerprint density at radius 2 is 1.85 bits per heavy atom. The first kappa shape index (κ1) is 18.5. The lowest BCUT2D eigenvalue weighted by atomic mass is 10.0. The molecule has 26 heavy (non-hydrogen) atoms. The lowest BCUT2D eigenvalue weighted by Gasteiger charge is -2.33. The van der Waals surface area contributed by atoms with Crippen LogP contribution in [0.4, 0.5) is 4.79 Å². The van der Waals surface area contributed by atoms with Crippen LogP contribution < -0.4 is 10.6 Å². The first-order valence-electron chi connectivity index (χ1n) is 9.55. The van der Waals surface area contributed by atoms with E-state index in [1.54, 1.807) is 0 Å². The zero-order valence-electron chi connectivity index (χ0n) is 15.6. The van der Waals surface area contributed by atoms with Gasteiger partial charge in [-0.3, -0.25) is 0 Å². The Balaban J connectivity index is 1.39. The molecule has 0 aliphatic carbocycles. The number of nitrogens with one attached hydrogen (secondary N) is 2. The highest BCUT2D eigenvalue weighted by atomic mass is 16.2. The molecule has 0 unspecified atom stereocenters. The number of amides is 2. The molecule has 0 radical (unpaired) electrons. The van der Waals surface area contributed by atoms with Crippen molar-refractivity contribution >= 4 is 6.03 Å². The molecule has 2 amide bonds. The molecule has 1 saturated heterocycles. The molecule has 1 aliphatic rings. The molecule has 3 rings (SSSR count). The molecule has 2 N–H and O–H groups in total. The summed E-state index contributed by atoms with van der Waals surface area (Å²) in [4.78, 5) is 14.7. The standard InChI is InChI=1S/C22H29N3O/c1-18-9-11-20(12-10-18)16-23-22(26)24-21-8-5-14-25(17-21)15-13-19-6-3-2-4-7-19/h2-4,6-7,9-12,21H,5,8,13-17H2,1H3,(H2,23,24,26)/t21-/m0/s1. The number of hydrogen-bond acceptors (Lipinski definition) is 2. The molecule has 138 valence electrons. The van der Waals surface area contributed by atoms with Gasteiger partial charge in [-0.15, -0.1) is 0 Å². The molecule has 0 bridgehead atoms. The molecule has 4 heteroatoms. The third-order valence-electron chi connectivity index (χ3n) is 4.97. The van der Waals surface area contributed by atoms with Crippen LogP contribution in [0.25, 0.3) is 0 Å². The predicted molar refractivity (Wildman–Crippen MR) is 106 cm³/mol. The smallest absolute Gasteiger partial charge is 0.315 e. The average Bonchev–Trinajstić information content (AvgIpc) is 2.67. The quantitative estimate of drug-likeness (QED) is 0.837. The van der Waals surface area contributed by atoms with Crippen molar-refractivity contribution in [3.05, 3.63) is 71.3 Å². The number of hydrogen-bond donors (Lipinski definition) is 2. The monoisotopic (exact) mass is 351 g/mol. The molecule has 1 aliphatic heterocycles. The fourth-order valence-electron chi connectivity index (χ4n) is 3.43. The minimum atomic E-state index is -0.0690. The SMILES string of the molecule is Cc1ccc(CNC(=O)N[C@H]2CCCN(CCc3ccccc3)C2)cc1. The topological polar surface area (TPSA) is 44.4 Å². The summed E-state index contributed by atoms with van der Waals surface area (Å²) in [6, 6.07) is 19.0. The fraction of sp³-hybridized carbons (Fsp3) is 0.409. The lowest BCUT2D eigenvalue weighted by molar-refractivity contribution is 0.187. The molecule has 0 aromatic heterocycles. The molecule has 1 atom stereocenters. The van der Waals surface area contributed by atoms with Gasteiger partial charge in [0.05, 0.1) is 0 Å². The van der Waals surface area contributed by atoms with Gasteiger partial charge < -0.3 is 15.5 Å². The Morgan fingerprint density at radius 1 is 1.08 bits per heavy atom. The predicted octanol–water partition coefficient (Wildman–Crippen LogP) is 3.50. The van der Waals surface area contributed by atoms with E-state index in [1.807, 2.05) is 0 Å². The maximum atomic E-state index is 12.2. The second kappa shape index (κ2) is 9.39. The van der Waals surface area contributed by atoms with Crippen LogP contribution in [0.3, 0.4) is 0 Å². The third kappa shape index (κ3) is 5.88. The summed E-state index contributed by atoms with van der Waals surface area (Å²) in [6.07, 6.45) is 3.25. The summed E-state index contributed by atoms with van der Waals surface area (Å²) in [5.74, 6) is 0. The molecule has 2 aromatic carbocycles.